The van der Waals surface area contributed by atoms with E-state index in [2.05, 4.69) is 12.3 Å². The van der Waals surface area contributed by atoms with Crippen molar-refractivity contribution in [3.8, 4) is 0 Å². The third kappa shape index (κ3) is 1.47. The molecule has 16 heavy (non-hydrogen) atoms. The van der Waals surface area contributed by atoms with Crippen molar-refractivity contribution in [2.24, 2.45) is 0 Å². The monoisotopic (exact) mass is 213 g/mol. The van der Waals surface area contributed by atoms with Crippen LogP contribution in [0.5, 0.6) is 0 Å². The number of carbonyl (C=O) groups is 2. The van der Waals surface area contributed by atoms with Gasteiger partial charge in [0.1, 0.15) is 0 Å². The van der Waals surface area contributed by atoms with Crippen molar-refractivity contribution in [1.82, 2.24) is 4.90 Å². The van der Waals surface area contributed by atoms with Crippen molar-refractivity contribution in [2.75, 3.05) is 6.54 Å². The first-order valence-electron chi connectivity index (χ1n) is 4.96. The van der Waals surface area contributed by atoms with E-state index in [0.29, 0.717) is 11.1 Å². The SMILES string of the molecule is C=C=C(C)CN1C(=O)c2ccccc2C1=O. The molecule has 3 nitrogen and oxygen atoms in total. The highest BCUT2D eigenvalue weighted by molar-refractivity contribution is 6.21. The molecule has 0 atom stereocenters. The summed E-state index contributed by atoms with van der Waals surface area (Å²) in [6.07, 6.45) is 0. The Morgan fingerprint density at radius 3 is 2.19 bits per heavy atom. The van der Waals surface area contributed by atoms with Crippen LogP contribution in [0.1, 0.15) is 27.6 Å². The summed E-state index contributed by atoms with van der Waals surface area (Å²) < 4.78 is 0. The second kappa shape index (κ2) is 3.80. The van der Waals surface area contributed by atoms with Gasteiger partial charge in [0.2, 0.25) is 0 Å². The molecule has 1 aromatic rings. The third-order valence-electron chi connectivity index (χ3n) is 2.58. The summed E-state index contributed by atoms with van der Waals surface area (Å²) in [7, 11) is 0. The Morgan fingerprint density at radius 1 is 1.25 bits per heavy atom. The normalized spacial score (nSPS) is 13.7. The number of carbonyl (C=O) groups excluding carboxylic acids is 2. The predicted molar refractivity (Wildman–Crippen MR) is 60.1 cm³/mol. The molecule has 80 valence electrons. The molecule has 0 saturated carbocycles. The predicted octanol–water partition coefficient (Wildman–Crippen LogP) is 2.01. The largest absolute Gasteiger partial charge is 0.270 e. The molecule has 2 rings (SSSR count). The number of rotatable bonds is 2. The fourth-order valence-electron chi connectivity index (χ4n) is 1.68. The van der Waals surface area contributed by atoms with E-state index in [1.165, 1.54) is 4.90 Å². The highest BCUT2D eigenvalue weighted by Crippen LogP contribution is 2.22. The Hall–Kier alpha value is -2.12. The molecule has 0 aliphatic carbocycles. The number of benzene rings is 1. The Labute approximate surface area is 93.7 Å². The van der Waals surface area contributed by atoms with Gasteiger partial charge in [0, 0.05) is 0 Å². The lowest BCUT2D eigenvalue weighted by molar-refractivity contribution is 0.0668. The molecule has 0 unspecified atom stereocenters. The van der Waals surface area contributed by atoms with E-state index >= 15 is 0 Å². The van der Waals surface area contributed by atoms with Crippen LogP contribution in [0.2, 0.25) is 0 Å². The van der Waals surface area contributed by atoms with Crippen LogP contribution < -0.4 is 0 Å². The van der Waals surface area contributed by atoms with E-state index in [1.807, 2.05) is 0 Å². The maximum atomic E-state index is 11.9. The number of nitrogens with zero attached hydrogens (tertiary/aromatic N) is 1. The van der Waals surface area contributed by atoms with Gasteiger partial charge in [-0.2, -0.15) is 0 Å². The molecule has 0 spiro atoms. The van der Waals surface area contributed by atoms with Gasteiger partial charge in [-0.05, 0) is 24.6 Å². The van der Waals surface area contributed by atoms with Gasteiger partial charge in [-0.15, -0.1) is 5.73 Å². The molecule has 3 heteroatoms. The number of hydrogen-bond acceptors (Lipinski definition) is 2. The topological polar surface area (TPSA) is 37.4 Å². The van der Waals surface area contributed by atoms with Crippen molar-refractivity contribution >= 4 is 11.8 Å². The van der Waals surface area contributed by atoms with Gasteiger partial charge >= 0.3 is 0 Å². The van der Waals surface area contributed by atoms with E-state index in [1.54, 1.807) is 31.2 Å². The van der Waals surface area contributed by atoms with Crippen LogP contribution in [0, 0.1) is 0 Å². The second-order valence-corrected chi connectivity index (χ2v) is 3.70. The maximum absolute atomic E-state index is 11.9. The Morgan fingerprint density at radius 2 is 1.75 bits per heavy atom. The third-order valence-corrected chi connectivity index (χ3v) is 2.58. The minimum Gasteiger partial charge on any atom is -0.270 e. The lowest BCUT2D eigenvalue weighted by atomic mass is 10.1. The van der Waals surface area contributed by atoms with Crippen LogP contribution in [-0.2, 0) is 0 Å². The van der Waals surface area contributed by atoms with Gasteiger partial charge in [0.15, 0.2) is 0 Å². The molecule has 0 N–H and O–H groups in total. The molecule has 0 fully saturated rings. The second-order valence-electron chi connectivity index (χ2n) is 3.70. The highest BCUT2D eigenvalue weighted by atomic mass is 16.2. The van der Waals surface area contributed by atoms with Gasteiger partial charge in [-0.3, -0.25) is 14.5 Å². The zero-order chi connectivity index (χ0) is 11.7. The average Bonchev–Trinajstić information content (AvgIpc) is 2.55. The first-order chi connectivity index (χ1) is 7.65. The van der Waals surface area contributed by atoms with Crippen molar-refractivity contribution < 1.29 is 9.59 Å². The molecule has 0 saturated heterocycles. The number of fused-ring (bicyclic) bond motifs is 1. The standard InChI is InChI=1S/C13H11NO2/c1-3-9(2)8-14-12(15)10-6-4-5-7-11(10)13(14)16/h4-7H,1,8H2,2H3. The van der Waals surface area contributed by atoms with Crippen molar-refractivity contribution in [3.05, 3.63) is 53.3 Å². The zero-order valence-corrected chi connectivity index (χ0v) is 8.99. The molecular weight excluding hydrogens is 202 g/mol. The zero-order valence-electron chi connectivity index (χ0n) is 8.99. The van der Waals surface area contributed by atoms with E-state index < -0.39 is 0 Å². The summed E-state index contributed by atoms with van der Waals surface area (Å²) in [4.78, 5) is 25.0. The summed E-state index contributed by atoms with van der Waals surface area (Å²) in [5.74, 6) is -0.481. The molecule has 2 amide bonds. The maximum Gasteiger partial charge on any atom is 0.261 e. The van der Waals surface area contributed by atoms with Gasteiger partial charge in [-0.25, -0.2) is 0 Å². The van der Waals surface area contributed by atoms with Crippen LogP contribution in [-0.4, -0.2) is 23.3 Å². The van der Waals surface area contributed by atoms with E-state index in [0.717, 1.165) is 5.57 Å². The lowest BCUT2D eigenvalue weighted by Gasteiger charge is -2.12. The molecule has 1 aliphatic rings. The van der Waals surface area contributed by atoms with E-state index in [9.17, 15) is 9.59 Å². The molecule has 0 radical (unpaired) electrons. The summed E-state index contributed by atoms with van der Waals surface area (Å²) in [5.41, 5.74) is 4.41. The van der Waals surface area contributed by atoms with Crippen LogP contribution in [0.15, 0.2) is 42.1 Å². The molecule has 1 aliphatic heterocycles. The summed E-state index contributed by atoms with van der Waals surface area (Å²) in [5, 5.41) is 0. The Kier molecular flexibility index (Phi) is 2.47. The minimum atomic E-state index is -0.241. The van der Waals surface area contributed by atoms with Gasteiger partial charge in [0.05, 0.1) is 17.7 Å². The first-order valence-corrected chi connectivity index (χ1v) is 4.96. The highest BCUT2D eigenvalue weighted by Gasteiger charge is 2.34. The average molecular weight is 213 g/mol. The number of imide groups is 1. The molecule has 1 heterocycles. The van der Waals surface area contributed by atoms with Crippen LogP contribution >= 0.6 is 0 Å². The molecule has 0 aromatic heterocycles. The Bertz CT molecular complexity index is 489. The van der Waals surface area contributed by atoms with Gasteiger partial charge in [-0.1, -0.05) is 18.7 Å². The molecule has 1 aromatic carbocycles. The van der Waals surface area contributed by atoms with Crippen molar-refractivity contribution in [1.29, 1.82) is 0 Å². The smallest absolute Gasteiger partial charge is 0.261 e. The van der Waals surface area contributed by atoms with Crippen molar-refractivity contribution in [2.45, 2.75) is 6.92 Å². The number of hydrogen-bond donors (Lipinski definition) is 0. The fourth-order valence-corrected chi connectivity index (χ4v) is 1.68. The van der Waals surface area contributed by atoms with Crippen molar-refractivity contribution in [3.63, 3.8) is 0 Å². The number of amides is 2. The molecule has 0 bridgehead atoms. The van der Waals surface area contributed by atoms with Gasteiger partial charge < -0.3 is 0 Å². The van der Waals surface area contributed by atoms with Crippen LogP contribution in [0.25, 0.3) is 0 Å². The summed E-state index contributed by atoms with van der Waals surface area (Å²) in [6.45, 7) is 5.54. The van der Waals surface area contributed by atoms with Crippen LogP contribution in [0.3, 0.4) is 0 Å². The molecular formula is C13H11NO2. The lowest BCUT2D eigenvalue weighted by Crippen LogP contribution is -2.31. The summed E-state index contributed by atoms with van der Waals surface area (Å²) in [6, 6.07) is 6.85. The quantitative estimate of drug-likeness (QED) is 0.556. The Balaban J connectivity index is 2.39. The fraction of sp³-hybridized carbons (Fsp3) is 0.154. The van der Waals surface area contributed by atoms with Crippen LogP contribution in [0.4, 0.5) is 0 Å². The first kappa shape index (κ1) is 10.4. The summed E-state index contributed by atoms with van der Waals surface area (Å²) >= 11 is 0. The van der Waals surface area contributed by atoms with E-state index in [4.69, 9.17) is 0 Å². The van der Waals surface area contributed by atoms with Gasteiger partial charge in [0.25, 0.3) is 11.8 Å². The van der Waals surface area contributed by atoms with E-state index in [-0.39, 0.29) is 18.4 Å². The minimum absolute atomic E-state index is 0.241.